The lowest BCUT2D eigenvalue weighted by Gasteiger charge is -2.58. The molecule has 4 bridgehead atoms. The lowest BCUT2D eigenvalue weighted by molar-refractivity contribution is -0.136. The SMILES string of the molecule is CCCCc1nc(C)ncc1C(=O)N[C@H]1C2CC3CC1C[C@@](O)(C3)C2. The van der Waals surface area contributed by atoms with Crippen molar-refractivity contribution < 1.29 is 9.90 Å². The first-order chi connectivity index (χ1) is 12.0. The maximum atomic E-state index is 13.0. The third-order valence-corrected chi connectivity index (χ3v) is 6.54. The summed E-state index contributed by atoms with van der Waals surface area (Å²) in [6, 6.07) is 0.199. The van der Waals surface area contributed by atoms with Gasteiger partial charge in [-0.3, -0.25) is 4.79 Å². The number of nitrogens with zero attached hydrogens (tertiary/aromatic N) is 2. The van der Waals surface area contributed by atoms with Crippen LogP contribution in [0, 0.1) is 24.7 Å². The highest BCUT2D eigenvalue weighted by molar-refractivity contribution is 5.95. The summed E-state index contributed by atoms with van der Waals surface area (Å²) in [4.78, 5) is 21.7. The molecule has 2 atom stereocenters. The molecule has 25 heavy (non-hydrogen) atoms. The van der Waals surface area contributed by atoms with Crippen LogP contribution in [0.3, 0.4) is 0 Å². The molecule has 5 rings (SSSR count). The predicted octanol–water partition coefficient (Wildman–Crippen LogP) is 2.80. The number of aromatic nitrogens is 2. The van der Waals surface area contributed by atoms with Crippen LogP contribution in [0.1, 0.15) is 73.7 Å². The van der Waals surface area contributed by atoms with Crippen LogP contribution in [0.2, 0.25) is 0 Å². The number of carbonyl (C=O) groups excluding carboxylic acids is 1. The van der Waals surface area contributed by atoms with E-state index in [2.05, 4.69) is 22.2 Å². The zero-order valence-electron chi connectivity index (χ0n) is 15.3. The van der Waals surface area contributed by atoms with Gasteiger partial charge in [0.25, 0.3) is 5.91 Å². The van der Waals surface area contributed by atoms with Gasteiger partial charge in [-0.05, 0) is 69.6 Å². The van der Waals surface area contributed by atoms with E-state index in [1.54, 1.807) is 6.20 Å². The number of amides is 1. The van der Waals surface area contributed by atoms with Crippen LogP contribution in [0.4, 0.5) is 0 Å². The summed E-state index contributed by atoms with van der Waals surface area (Å²) in [7, 11) is 0. The normalized spacial score (nSPS) is 35.8. The van der Waals surface area contributed by atoms with E-state index in [0.29, 0.717) is 23.3 Å². The summed E-state index contributed by atoms with van der Waals surface area (Å²) in [5.74, 6) is 2.19. The Balaban J connectivity index is 1.51. The van der Waals surface area contributed by atoms with E-state index >= 15 is 0 Å². The average Bonchev–Trinajstić information content (AvgIpc) is 2.54. The summed E-state index contributed by atoms with van der Waals surface area (Å²) < 4.78 is 0. The van der Waals surface area contributed by atoms with Crippen molar-refractivity contribution in [2.24, 2.45) is 17.8 Å². The highest BCUT2D eigenvalue weighted by atomic mass is 16.3. The van der Waals surface area contributed by atoms with Crippen molar-refractivity contribution in [3.63, 3.8) is 0 Å². The van der Waals surface area contributed by atoms with Crippen LogP contribution in [0.5, 0.6) is 0 Å². The minimum atomic E-state index is -0.461. The Labute approximate surface area is 149 Å². The van der Waals surface area contributed by atoms with Gasteiger partial charge >= 0.3 is 0 Å². The number of carbonyl (C=O) groups is 1. The maximum absolute atomic E-state index is 13.0. The van der Waals surface area contributed by atoms with Gasteiger partial charge in [0.05, 0.1) is 16.9 Å². The van der Waals surface area contributed by atoms with E-state index in [1.165, 1.54) is 0 Å². The molecule has 4 aliphatic carbocycles. The Kier molecular flexibility index (Phi) is 4.30. The van der Waals surface area contributed by atoms with E-state index in [1.807, 2.05) is 6.92 Å². The molecular formula is C20H29N3O2. The molecule has 0 saturated heterocycles. The molecule has 5 nitrogen and oxygen atoms in total. The van der Waals surface area contributed by atoms with Gasteiger partial charge in [0, 0.05) is 12.2 Å². The highest BCUT2D eigenvalue weighted by Gasteiger charge is 2.55. The number of hydrogen-bond acceptors (Lipinski definition) is 4. The molecule has 136 valence electrons. The standard InChI is InChI=1S/C20H29N3O2/c1-3-4-5-17-16(11-21-12(2)22-17)19(24)23-18-14-6-13-7-15(18)10-20(25,8-13)9-14/h11,13-15,18,25H,3-10H2,1-2H3,(H,23,24)/t13?,14?,15?,18-,20+. The molecule has 0 radical (unpaired) electrons. The quantitative estimate of drug-likeness (QED) is 0.862. The van der Waals surface area contributed by atoms with E-state index in [9.17, 15) is 9.90 Å². The van der Waals surface area contributed by atoms with Crippen molar-refractivity contribution in [1.82, 2.24) is 15.3 Å². The van der Waals surface area contributed by atoms with Crippen LogP contribution in [-0.2, 0) is 6.42 Å². The molecule has 4 fully saturated rings. The number of aliphatic hydroxyl groups is 1. The van der Waals surface area contributed by atoms with Gasteiger partial charge in [-0.15, -0.1) is 0 Å². The van der Waals surface area contributed by atoms with Crippen LogP contribution in [0.15, 0.2) is 6.20 Å². The van der Waals surface area contributed by atoms with Crippen LogP contribution < -0.4 is 5.32 Å². The Morgan fingerprint density at radius 1 is 1.32 bits per heavy atom. The monoisotopic (exact) mass is 343 g/mol. The third kappa shape index (κ3) is 3.19. The summed E-state index contributed by atoms with van der Waals surface area (Å²) >= 11 is 0. The van der Waals surface area contributed by atoms with Crippen LogP contribution in [-0.4, -0.2) is 32.6 Å². The fourth-order valence-corrected chi connectivity index (χ4v) is 5.69. The fraction of sp³-hybridized carbons (Fsp3) is 0.750. The second-order valence-electron chi connectivity index (χ2n) is 8.57. The first-order valence-electron chi connectivity index (χ1n) is 9.83. The number of nitrogens with one attached hydrogen (secondary N) is 1. The van der Waals surface area contributed by atoms with Gasteiger partial charge < -0.3 is 10.4 Å². The van der Waals surface area contributed by atoms with Gasteiger partial charge in [0.15, 0.2) is 0 Å². The molecule has 1 aromatic rings. The molecule has 0 aliphatic heterocycles. The smallest absolute Gasteiger partial charge is 0.254 e. The minimum absolute atomic E-state index is 0.0319. The largest absolute Gasteiger partial charge is 0.390 e. The van der Waals surface area contributed by atoms with E-state index in [0.717, 1.165) is 62.9 Å². The maximum Gasteiger partial charge on any atom is 0.254 e. The van der Waals surface area contributed by atoms with Crippen LogP contribution >= 0.6 is 0 Å². The van der Waals surface area contributed by atoms with Crippen molar-refractivity contribution in [2.75, 3.05) is 0 Å². The second-order valence-corrected chi connectivity index (χ2v) is 8.57. The first kappa shape index (κ1) is 17.0. The van der Waals surface area contributed by atoms with Crippen LogP contribution in [0.25, 0.3) is 0 Å². The van der Waals surface area contributed by atoms with Gasteiger partial charge in [-0.2, -0.15) is 0 Å². The van der Waals surface area contributed by atoms with E-state index in [-0.39, 0.29) is 11.9 Å². The number of hydrogen-bond donors (Lipinski definition) is 2. The van der Waals surface area contributed by atoms with Crippen molar-refractivity contribution in [3.8, 4) is 0 Å². The zero-order chi connectivity index (χ0) is 17.6. The van der Waals surface area contributed by atoms with Crippen molar-refractivity contribution in [1.29, 1.82) is 0 Å². The van der Waals surface area contributed by atoms with E-state index < -0.39 is 5.60 Å². The summed E-state index contributed by atoms with van der Waals surface area (Å²) in [6.45, 7) is 4.02. The lowest BCUT2D eigenvalue weighted by Crippen LogP contribution is -2.61. The Morgan fingerprint density at radius 3 is 2.68 bits per heavy atom. The Bertz CT molecular complexity index is 659. The Morgan fingerprint density at radius 2 is 2.04 bits per heavy atom. The molecule has 4 saturated carbocycles. The van der Waals surface area contributed by atoms with Gasteiger partial charge in [-0.1, -0.05) is 13.3 Å². The van der Waals surface area contributed by atoms with Crippen molar-refractivity contribution >= 4 is 5.91 Å². The fourth-order valence-electron chi connectivity index (χ4n) is 5.69. The van der Waals surface area contributed by atoms with E-state index in [4.69, 9.17) is 0 Å². The molecule has 1 heterocycles. The average molecular weight is 343 g/mol. The van der Waals surface area contributed by atoms with Gasteiger partial charge in [0.1, 0.15) is 5.82 Å². The zero-order valence-corrected chi connectivity index (χ0v) is 15.3. The molecule has 1 aromatic heterocycles. The Hall–Kier alpha value is -1.49. The molecule has 0 aromatic carbocycles. The molecule has 5 heteroatoms. The predicted molar refractivity (Wildman–Crippen MR) is 95.1 cm³/mol. The summed E-state index contributed by atoms with van der Waals surface area (Å²) in [6.07, 6.45) is 9.57. The van der Waals surface area contributed by atoms with Crippen molar-refractivity contribution in [2.45, 2.75) is 76.9 Å². The number of rotatable bonds is 5. The minimum Gasteiger partial charge on any atom is -0.390 e. The first-order valence-corrected chi connectivity index (χ1v) is 9.83. The van der Waals surface area contributed by atoms with Gasteiger partial charge in [-0.25, -0.2) is 9.97 Å². The summed E-state index contributed by atoms with van der Waals surface area (Å²) in [5.41, 5.74) is 1.04. The molecule has 2 unspecified atom stereocenters. The molecule has 1 amide bonds. The molecule has 0 spiro atoms. The number of unbranched alkanes of at least 4 members (excludes halogenated alkanes) is 1. The van der Waals surface area contributed by atoms with Crippen molar-refractivity contribution in [3.05, 3.63) is 23.3 Å². The molecule has 4 aliphatic rings. The highest BCUT2D eigenvalue weighted by Crippen LogP contribution is 2.55. The summed E-state index contributed by atoms with van der Waals surface area (Å²) in [5, 5.41) is 14.0. The topological polar surface area (TPSA) is 75.1 Å². The number of aryl methyl sites for hydroxylation is 2. The third-order valence-electron chi connectivity index (χ3n) is 6.54. The lowest BCUT2D eigenvalue weighted by atomic mass is 9.52. The molecule has 2 N–H and O–H groups in total. The molecular weight excluding hydrogens is 314 g/mol. The second kappa shape index (κ2) is 6.35. The van der Waals surface area contributed by atoms with Gasteiger partial charge in [0.2, 0.25) is 0 Å².